The van der Waals surface area contributed by atoms with Gasteiger partial charge in [0.25, 0.3) is 5.91 Å². The summed E-state index contributed by atoms with van der Waals surface area (Å²) in [6.45, 7) is -2.00. The van der Waals surface area contributed by atoms with Crippen LogP contribution >= 0.6 is 0 Å². The maximum absolute atomic E-state index is 12.3. The molecule has 11 heteroatoms. The van der Waals surface area contributed by atoms with Crippen molar-refractivity contribution in [2.24, 2.45) is 0 Å². The maximum Gasteiger partial charge on any atom is 0.387 e. The number of nitrogens with zero attached hydrogens (tertiary/aromatic N) is 4. The van der Waals surface area contributed by atoms with Crippen LogP contribution in [0.1, 0.15) is 34.8 Å². The molecule has 0 bridgehead atoms. The van der Waals surface area contributed by atoms with Crippen LogP contribution in [0.4, 0.5) is 14.5 Å². The summed E-state index contributed by atoms with van der Waals surface area (Å²) in [7, 11) is 0. The third-order valence-electron chi connectivity index (χ3n) is 4.98. The summed E-state index contributed by atoms with van der Waals surface area (Å²) in [6, 6.07) is 13.3. The lowest BCUT2D eigenvalue weighted by Gasteiger charge is -2.06. The summed E-state index contributed by atoms with van der Waals surface area (Å²) in [5.41, 5.74) is 1.67. The first-order valence-electron chi connectivity index (χ1n) is 10.9. The Morgan fingerprint density at radius 1 is 1.06 bits per heavy atom. The van der Waals surface area contributed by atoms with Gasteiger partial charge in [0.1, 0.15) is 17.8 Å². The fourth-order valence-corrected chi connectivity index (χ4v) is 3.25. The van der Waals surface area contributed by atoms with E-state index in [4.69, 9.17) is 9.15 Å². The van der Waals surface area contributed by atoms with E-state index in [-0.39, 0.29) is 23.9 Å². The molecule has 0 saturated carbocycles. The number of alkyl halides is 2. The van der Waals surface area contributed by atoms with Crippen LogP contribution < -0.4 is 14.8 Å². The van der Waals surface area contributed by atoms with E-state index in [0.29, 0.717) is 11.4 Å². The molecule has 4 aromatic rings. The van der Waals surface area contributed by atoms with Crippen molar-refractivity contribution in [3.63, 3.8) is 0 Å². The van der Waals surface area contributed by atoms with Crippen molar-refractivity contribution in [2.75, 3.05) is 5.32 Å². The van der Waals surface area contributed by atoms with E-state index in [9.17, 15) is 13.6 Å². The highest BCUT2D eigenvalue weighted by Gasteiger charge is 2.13. The maximum atomic E-state index is 12.3. The van der Waals surface area contributed by atoms with Crippen molar-refractivity contribution < 1.29 is 27.5 Å². The molecule has 1 amide bonds. The molecule has 4 rings (SSSR count). The number of unbranched alkanes of at least 4 members (excludes halogenated alkanes) is 1. The number of aromatic nitrogens is 4. The fourth-order valence-electron chi connectivity index (χ4n) is 3.25. The molecule has 2 aromatic carbocycles. The number of amides is 1. The molecular weight excluding hydrogens is 460 g/mol. The van der Waals surface area contributed by atoms with Gasteiger partial charge >= 0.3 is 6.61 Å². The van der Waals surface area contributed by atoms with Gasteiger partial charge < -0.3 is 19.2 Å². The largest absolute Gasteiger partial charge is 0.484 e. The van der Waals surface area contributed by atoms with Gasteiger partial charge in [-0.15, -0.1) is 5.10 Å². The molecule has 35 heavy (non-hydrogen) atoms. The lowest BCUT2D eigenvalue weighted by Crippen LogP contribution is -2.12. The predicted molar refractivity (Wildman–Crippen MR) is 121 cm³/mol. The van der Waals surface area contributed by atoms with E-state index in [1.54, 1.807) is 6.20 Å². The average molecular weight is 483 g/mol. The number of carbonyl (C=O) groups excluding carboxylic acids is 1. The molecule has 2 aromatic heterocycles. The van der Waals surface area contributed by atoms with Gasteiger partial charge in [0.05, 0.1) is 6.20 Å². The molecule has 9 nitrogen and oxygen atoms in total. The predicted octanol–water partition coefficient (Wildman–Crippen LogP) is 4.72. The smallest absolute Gasteiger partial charge is 0.387 e. The number of anilines is 1. The lowest BCUT2D eigenvalue weighted by atomic mass is 10.1. The summed E-state index contributed by atoms with van der Waals surface area (Å²) in [5.74, 6) is 0.394. The number of carbonyl (C=O) groups is 1. The second kappa shape index (κ2) is 11.7. The molecular formula is C24H23F2N5O4. The molecule has 0 aliphatic carbocycles. The van der Waals surface area contributed by atoms with Gasteiger partial charge in [0, 0.05) is 18.4 Å². The first kappa shape index (κ1) is 23.9. The third kappa shape index (κ3) is 7.36. The number of hydrogen-bond donors (Lipinski definition) is 1. The van der Waals surface area contributed by atoms with Gasteiger partial charge in [-0.25, -0.2) is 4.98 Å². The Labute approximate surface area is 199 Å². The molecule has 0 spiro atoms. The summed E-state index contributed by atoms with van der Waals surface area (Å²) in [6.07, 6.45) is 7.75. The minimum Gasteiger partial charge on any atom is -0.484 e. The normalized spacial score (nSPS) is 10.9. The Morgan fingerprint density at radius 2 is 1.83 bits per heavy atom. The molecule has 0 aliphatic rings. The Hall–Kier alpha value is -4.28. The number of hydrogen-bond acceptors (Lipinski definition) is 7. The molecule has 182 valence electrons. The van der Waals surface area contributed by atoms with Gasteiger partial charge in [-0.3, -0.25) is 9.48 Å². The van der Waals surface area contributed by atoms with E-state index in [0.717, 1.165) is 25.8 Å². The molecule has 0 unspecified atom stereocenters. The number of aryl methyl sites for hydroxylation is 2. The monoisotopic (exact) mass is 483 g/mol. The number of oxazole rings is 1. The second-order valence-electron chi connectivity index (χ2n) is 7.54. The summed E-state index contributed by atoms with van der Waals surface area (Å²) >= 11 is 0. The second-order valence-corrected chi connectivity index (χ2v) is 7.54. The summed E-state index contributed by atoms with van der Waals surface area (Å²) in [4.78, 5) is 16.5. The lowest BCUT2D eigenvalue weighted by molar-refractivity contribution is -0.0498. The summed E-state index contributed by atoms with van der Waals surface area (Å²) < 4.78 is 41.5. The van der Waals surface area contributed by atoms with E-state index >= 15 is 0 Å². The summed E-state index contributed by atoms with van der Waals surface area (Å²) in [5, 5.41) is 10.3. The fraction of sp³-hybridized carbons (Fsp3) is 0.250. The zero-order chi connectivity index (χ0) is 24.5. The Balaban J connectivity index is 1.20. The average Bonchev–Trinajstić information content (AvgIpc) is 3.55. The van der Waals surface area contributed by atoms with E-state index in [1.165, 1.54) is 36.1 Å². The molecule has 0 radical (unpaired) electrons. The van der Waals surface area contributed by atoms with Crippen LogP contribution in [0, 0.1) is 0 Å². The van der Waals surface area contributed by atoms with Gasteiger partial charge in [-0.2, -0.15) is 8.78 Å². The highest BCUT2D eigenvalue weighted by molar-refractivity contribution is 6.02. The minimum atomic E-state index is -2.91. The van der Waals surface area contributed by atoms with Crippen LogP contribution in [0.3, 0.4) is 0 Å². The molecule has 1 N–H and O–H groups in total. The van der Waals surface area contributed by atoms with Crippen LogP contribution in [0.25, 0.3) is 0 Å². The Kier molecular flexibility index (Phi) is 8.00. The van der Waals surface area contributed by atoms with Gasteiger partial charge in [0.2, 0.25) is 5.89 Å². The SMILES string of the molecule is O=C(Nc1ccc(OC(F)F)cc1)c1coc(COc2ccc(CCCCn3ccnn3)cc2)n1. The number of halogens is 2. The zero-order valence-corrected chi connectivity index (χ0v) is 18.6. The third-order valence-corrected chi connectivity index (χ3v) is 4.98. The van der Waals surface area contributed by atoms with E-state index in [1.807, 2.05) is 35.1 Å². The van der Waals surface area contributed by atoms with Crippen LogP contribution in [-0.2, 0) is 19.6 Å². The number of nitrogens with one attached hydrogen (secondary N) is 1. The van der Waals surface area contributed by atoms with Crippen molar-refractivity contribution in [3.05, 3.63) is 84.3 Å². The highest BCUT2D eigenvalue weighted by atomic mass is 19.3. The van der Waals surface area contributed by atoms with Gasteiger partial charge in [-0.1, -0.05) is 17.3 Å². The number of rotatable bonds is 12. The van der Waals surface area contributed by atoms with Crippen molar-refractivity contribution in [1.82, 2.24) is 20.0 Å². The molecule has 0 aliphatic heterocycles. The van der Waals surface area contributed by atoms with Gasteiger partial charge in [-0.05, 0) is 61.2 Å². The molecule has 0 saturated heterocycles. The molecule has 2 heterocycles. The Morgan fingerprint density at radius 3 is 2.54 bits per heavy atom. The topological polar surface area (TPSA) is 104 Å². The number of benzene rings is 2. The van der Waals surface area contributed by atoms with Crippen molar-refractivity contribution >= 4 is 11.6 Å². The van der Waals surface area contributed by atoms with Crippen LogP contribution in [0.5, 0.6) is 11.5 Å². The van der Waals surface area contributed by atoms with Crippen LogP contribution in [-0.4, -0.2) is 32.5 Å². The standard InChI is InChI=1S/C24H23F2N5O4/c25-24(26)35-20-10-6-18(7-11-20)28-23(32)21-15-34-22(29-21)16-33-19-8-4-17(5-9-19)3-1-2-13-31-14-12-27-30-31/h4-12,14-15,24H,1-3,13,16H2,(H,28,32). The highest BCUT2D eigenvalue weighted by Crippen LogP contribution is 2.19. The van der Waals surface area contributed by atoms with Crippen molar-refractivity contribution in [2.45, 2.75) is 39.0 Å². The van der Waals surface area contributed by atoms with Crippen LogP contribution in [0.15, 0.2) is 71.6 Å². The van der Waals surface area contributed by atoms with E-state index < -0.39 is 12.5 Å². The van der Waals surface area contributed by atoms with Crippen molar-refractivity contribution in [1.29, 1.82) is 0 Å². The molecule has 0 atom stereocenters. The van der Waals surface area contributed by atoms with Crippen LogP contribution in [0.2, 0.25) is 0 Å². The van der Waals surface area contributed by atoms with Crippen molar-refractivity contribution in [3.8, 4) is 11.5 Å². The first-order valence-corrected chi connectivity index (χ1v) is 10.9. The minimum absolute atomic E-state index is 0.00457. The quantitative estimate of drug-likeness (QED) is 0.291. The van der Waals surface area contributed by atoms with E-state index in [2.05, 4.69) is 25.3 Å². The Bertz CT molecular complexity index is 1200. The van der Waals surface area contributed by atoms with Gasteiger partial charge in [0.15, 0.2) is 12.3 Å². The first-order chi connectivity index (χ1) is 17.0. The zero-order valence-electron chi connectivity index (χ0n) is 18.6. The number of ether oxygens (including phenoxy) is 2. The molecule has 0 fully saturated rings.